The first-order valence-corrected chi connectivity index (χ1v) is 11.8. The van der Waals surface area contributed by atoms with E-state index in [0.29, 0.717) is 28.2 Å². The van der Waals surface area contributed by atoms with Gasteiger partial charge in [0.2, 0.25) is 0 Å². The van der Waals surface area contributed by atoms with Crippen molar-refractivity contribution in [2.75, 3.05) is 22.0 Å². The second kappa shape index (κ2) is 9.76. The van der Waals surface area contributed by atoms with Gasteiger partial charge in [-0.1, -0.05) is 42.5 Å². The Morgan fingerprint density at radius 2 is 1.35 bits per heavy atom. The van der Waals surface area contributed by atoms with E-state index in [0.717, 1.165) is 0 Å². The number of benzene rings is 4. The molecule has 0 heterocycles. The molecule has 6 nitrogen and oxygen atoms in total. The lowest BCUT2D eigenvalue weighted by molar-refractivity contribution is 0.262. The third-order valence-corrected chi connectivity index (χ3v) is 6.97. The molecule has 2 amide bonds. The summed E-state index contributed by atoms with van der Waals surface area (Å²) < 4.78 is 40.8. The summed E-state index contributed by atoms with van der Waals surface area (Å²) >= 11 is 0. The van der Waals surface area contributed by atoms with Crippen LogP contribution in [0.4, 0.5) is 26.2 Å². The Bertz CT molecular complexity index is 1390. The fourth-order valence-electron chi connectivity index (χ4n) is 3.34. The first kappa shape index (κ1) is 23.0. The fourth-order valence-corrected chi connectivity index (χ4v) is 4.59. The number of urea groups is 1. The molecule has 0 radical (unpaired) electrons. The second-order valence-corrected chi connectivity index (χ2v) is 9.47. The highest BCUT2D eigenvalue weighted by atomic mass is 32.2. The van der Waals surface area contributed by atoms with E-state index in [1.165, 1.54) is 29.6 Å². The monoisotopic (exact) mass is 475 g/mol. The van der Waals surface area contributed by atoms with Gasteiger partial charge in [-0.3, -0.25) is 4.31 Å². The molecule has 34 heavy (non-hydrogen) atoms. The molecule has 4 rings (SSSR count). The molecule has 4 aromatic carbocycles. The van der Waals surface area contributed by atoms with Gasteiger partial charge in [-0.05, 0) is 71.8 Å². The number of nitrogens with one attached hydrogen (secondary N) is 2. The molecule has 0 aliphatic heterocycles. The van der Waals surface area contributed by atoms with Crippen LogP contribution in [-0.2, 0) is 10.0 Å². The Kier molecular flexibility index (Phi) is 6.60. The largest absolute Gasteiger partial charge is 0.323 e. The molecular weight excluding hydrogens is 453 g/mol. The van der Waals surface area contributed by atoms with Gasteiger partial charge in [0.25, 0.3) is 10.0 Å². The van der Waals surface area contributed by atoms with Crippen LogP contribution in [-0.4, -0.2) is 21.5 Å². The van der Waals surface area contributed by atoms with Gasteiger partial charge in [0, 0.05) is 18.4 Å². The predicted octanol–water partition coefficient (Wildman–Crippen LogP) is 5.96. The summed E-state index contributed by atoms with van der Waals surface area (Å²) in [5.74, 6) is -0.359. The van der Waals surface area contributed by atoms with E-state index in [9.17, 15) is 17.6 Å². The van der Waals surface area contributed by atoms with Crippen LogP contribution in [0, 0.1) is 5.82 Å². The smallest absolute Gasteiger partial charge is 0.308 e. The highest BCUT2D eigenvalue weighted by Gasteiger charge is 2.22. The minimum Gasteiger partial charge on any atom is -0.308 e. The van der Waals surface area contributed by atoms with Crippen molar-refractivity contribution in [1.29, 1.82) is 0 Å². The van der Waals surface area contributed by atoms with E-state index < -0.39 is 16.1 Å². The van der Waals surface area contributed by atoms with Gasteiger partial charge < -0.3 is 10.6 Å². The lowest BCUT2D eigenvalue weighted by Crippen LogP contribution is -2.26. The van der Waals surface area contributed by atoms with Crippen LogP contribution in [0.2, 0.25) is 0 Å². The maximum Gasteiger partial charge on any atom is 0.323 e. The standard InChI is InChI=1S/C26H22FN3O3S/c1-30(24-16-14-23(15-17-24)29-26(31)28-22-7-3-2-4-8-22)34(32,33)25-9-5-6-20(18-25)19-10-12-21(27)13-11-19/h2-18H,1H3,(H2,28,29,31). The molecule has 0 aromatic heterocycles. The summed E-state index contributed by atoms with van der Waals surface area (Å²) in [6, 6.07) is 27.5. The number of nitrogens with zero attached hydrogens (tertiary/aromatic N) is 1. The van der Waals surface area contributed by atoms with Crippen molar-refractivity contribution in [3.8, 4) is 11.1 Å². The molecule has 2 N–H and O–H groups in total. The number of amides is 2. The van der Waals surface area contributed by atoms with Crippen molar-refractivity contribution < 1.29 is 17.6 Å². The van der Waals surface area contributed by atoms with Crippen molar-refractivity contribution >= 4 is 33.1 Å². The maximum atomic E-state index is 13.2. The van der Waals surface area contributed by atoms with Crippen LogP contribution in [0.1, 0.15) is 0 Å². The Labute approximate surface area is 197 Å². The van der Waals surface area contributed by atoms with E-state index in [2.05, 4.69) is 10.6 Å². The van der Waals surface area contributed by atoms with E-state index >= 15 is 0 Å². The zero-order valence-corrected chi connectivity index (χ0v) is 19.1. The number of anilines is 3. The van der Waals surface area contributed by atoms with Gasteiger partial charge in [-0.15, -0.1) is 0 Å². The zero-order valence-electron chi connectivity index (χ0n) is 18.3. The lowest BCUT2D eigenvalue weighted by atomic mass is 10.1. The summed E-state index contributed by atoms with van der Waals surface area (Å²) in [7, 11) is -2.38. The second-order valence-electron chi connectivity index (χ2n) is 7.50. The van der Waals surface area contributed by atoms with Crippen LogP contribution >= 0.6 is 0 Å². The first-order valence-electron chi connectivity index (χ1n) is 10.4. The van der Waals surface area contributed by atoms with Crippen molar-refractivity contribution in [3.05, 3.63) is 109 Å². The molecule has 0 bridgehead atoms. The molecule has 0 saturated carbocycles. The number of carbonyl (C=O) groups excluding carboxylic acids is 1. The molecule has 0 aliphatic rings. The van der Waals surface area contributed by atoms with Crippen LogP contribution in [0.3, 0.4) is 0 Å². The van der Waals surface area contributed by atoms with E-state index in [1.54, 1.807) is 66.7 Å². The van der Waals surface area contributed by atoms with Crippen LogP contribution in [0.15, 0.2) is 108 Å². The van der Waals surface area contributed by atoms with Crippen LogP contribution < -0.4 is 14.9 Å². The Hall–Kier alpha value is -4.17. The average molecular weight is 476 g/mol. The van der Waals surface area contributed by atoms with Crippen molar-refractivity contribution in [2.45, 2.75) is 4.90 Å². The Morgan fingerprint density at radius 3 is 2.00 bits per heavy atom. The molecule has 0 spiro atoms. The molecule has 4 aromatic rings. The van der Waals surface area contributed by atoms with Gasteiger partial charge >= 0.3 is 6.03 Å². The Balaban J connectivity index is 1.48. The molecular formula is C26H22FN3O3S. The van der Waals surface area contributed by atoms with Gasteiger partial charge in [0.05, 0.1) is 10.6 Å². The van der Waals surface area contributed by atoms with Crippen LogP contribution in [0.5, 0.6) is 0 Å². The first-order chi connectivity index (χ1) is 16.3. The highest BCUT2D eigenvalue weighted by Crippen LogP contribution is 2.27. The lowest BCUT2D eigenvalue weighted by Gasteiger charge is -2.20. The van der Waals surface area contributed by atoms with Crippen LogP contribution in [0.25, 0.3) is 11.1 Å². The summed E-state index contributed by atoms with van der Waals surface area (Å²) in [6.45, 7) is 0. The SMILES string of the molecule is CN(c1ccc(NC(=O)Nc2ccccc2)cc1)S(=O)(=O)c1cccc(-c2ccc(F)cc2)c1. The Morgan fingerprint density at radius 1 is 0.735 bits per heavy atom. The third kappa shape index (κ3) is 5.24. The highest BCUT2D eigenvalue weighted by molar-refractivity contribution is 7.92. The number of hydrogen-bond donors (Lipinski definition) is 2. The van der Waals surface area contributed by atoms with Gasteiger partial charge in [0.1, 0.15) is 5.82 Å². The number of hydrogen-bond acceptors (Lipinski definition) is 3. The summed E-state index contributed by atoms with van der Waals surface area (Å²) in [5.41, 5.74) is 2.98. The number of sulfonamides is 1. The minimum absolute atomic E-state index is 0.112. The molecule has 0 unspecified atom stereocenters. The van der Waals surface area contributed by atoms with Gasteiger partial charge in [-0.2, -0.15) is 0 Å². The number of carbonyl (C=O) groups is 1. The number of rotatable bonds is 6. The summed E-state index contributed by atoms with van der Waals surface area (Å²) in [4.78, 5) is 12.3. The van der Waals surface area contributed by atoms with Crippen molar-refractivity contribution in [2.24, 2.45) is 0 Å². The zero-order chi connectivity index (χ0) is 24.1. The number of halogens is 1. The predicted molar refractivity (Wildman–Crippen MR) is 133 cm³/mol. The van der Waals surface area contributed by atoms with Gasteiger partial charge in [0.15, 0.2) is 0 Å². The fraction of sp³-hybridized carbons (Fsp3) is 0.0385. The normalized spacial score (nSPS) is 11.0. The average Bonchev–Trinajstić information content (AvgIpc) is 2.85. The summed E-state index contributed by atoms with van der Waals surface area (Å²) in [6.07, 6.45) is 0. The van der Waals surface area contributed by atoms with Gasteiger partial charge in [-0.25, -0.2) is 17.6 Å². The molecule has 0 saturated heterocycles. The number of para-hydroxylation sites is 1. The topological polar surface area (TPSA) is 78.5 Å². The van der Waals surface area contributed by atoms with E-state index in [4.69, 9.17) is 0 Å². The van der Waals surface area contributed by atoms with E-state index in [1.807, 2.05) is 18.2 Å². The van der Waals surface area contributed by atoms with E-state index in [-0.39, 0.29) is 10.7 Å². The molecule has 8 heteroatoms. The quantitative estimate of drug-likeness (QED) is 0.361. The molecule has 0 aliphatic carbocycles. The summed E-state index contributed by atoms with van der Waals surface area (Å²) in [5, 5.41) is 5.43. The third-order valence-electron chi connectivity index (χ3n) is 5.19. The maximum absolute atomic E-state index is 13.2. The molecule has 0 fully saturated rings. The molecule has 0 atom stereocenters. The minimum atomic E-state index is -3.85. The van der Waals surface area contributed by atoms with Crippen molar-refractivity contribution in [3.63, 3.8) is 0 Å². The van der Waals surface area contributed by atoms with Crippen molar-refractivity contribution in [1.82, 2.24) is 0 Å². The molecule has 172 valence electrons.